The van der Waals surface area contributed by atoms with Crippen molar-refractivity contribution in [1.29, 1.82) is 0 Å². The zero-order chi connectivity index (χ0) is 20.1. The minimum absolute atomic E-state index is 0.00166. The van der Waals surface area contributed by atoms with Crippen LogP contribution in [0, 0.1) is 0 Å². The third-order valence-electron chi connectivity index (χ3n) is 5.22. The number of anilines is 2. The van der Waals surface area contributed by atoms with Crippen molar-refractivity contribution in [2.45, 2.75) is 38.3 Å². The van der Waals surface area contributed by atoms with Gasteiger partial charge in [-0.2, -0.15) is 0 Å². The Hall–Kier alpha value is -2.68. The second kappa shape index (κ2) is 9.01. The summed E-state index contributed by atoms with van der Waals surface area (Å²) in [6.45, 7) is 3.87. The fourth-order valence-electron chi connectivity index (χ4n) is 3.41. The Morgan fingerprint density at radius 1 is 1.39 bits per heavy atom. The molecule has 1 amide bonds. The quantitative estimate of drug-likeness (QED) is 0.674. The van der Waals surface area contributed by atoms with Gasteiger partial charge in [-0.25, -0.2) is 15.0 Å². The summed E-state index contributed by atoms with van der Waals surface area (Å²) >= 11 is 0. The molecule has 0 aromatic carbocycles. The minimum atomic E-state index is -0.434. The smallest absolute Gasteiger partial charge is 0.220 e. The number of aromatic nitrogens is 4. The van der Waals surface area contributed by atoms with Crippen molar-refractivity contribution < 1.29 is 9.90 Å². The number of amides is 1. The van der Waals surface area contributed by atoms with Gasteiger partial charge in [-0.1, -0.05) is 0 Å². The molecular weight excluding hydrogens is 358 g/mol. The first-order valence-corrected chi connectivity index (χ1v) is 9.68. The van der Waals surface area contributed by atoms with Gasteiger partial charge in [-0.15, -0.1) is 0 Å². The van der Waals surface area contributed by atoms with E-state index in [2.05, 4.69) is 32.1 Å². The summed E-state index contributed by atoms with van der Waals surface area (Å²) in [6, 6.07) is 1.93. The molecule has 28 heavy (non-hydrogen) atoms. The average molecular weight is 387 g/mol. The highest BCUT2D eigenvalue weighted by atomic mass is 16.3. The van der Waals surface area contributed by atoms with Crippen LogP contribution in [-0.4, -0.2) is 69.4 Å². The largest absolute Gasteiger partial charge is 0.391 e. The fraction of sp³-hybridized carbons (Fsp3) is 0.579. The molecule has 1 saturated heterocycles. The topological polar surface area (TPSA) is 99.4 Å². The van der Waals surface area contributed by atoms with Gasteiger partial charge in [0.05, 0.1) is 12.1 Å². The van der Waals surface area contributed by atoms with Crippen LogP contribution >= 0.6 is 0 Å². The molecule has 152 valence electrons. The van der Waals surface area contributed by atoms with E-state index in [-0.39, 0.29) is 11.9 Å². The first kappa shape index (κ1) is 20.1. The van der Waals surface area contributed by atoms with E-state index in [0.717, 1.165) is 24.0 Å². The molecule has 1 aliphatic rings. The van der Waals surface area contributed by atoms with E-state index in [4.69, 9.17) is 0 Å². The number of β-amino-alcohol motifs (C(OH)–C–C–N with tert-alkyl or cyclic N) is 1. The lowest BCUT2D eigenvalue weighted by molar-refractivity contribution is -0.121. The normalized spacial score (nSPS) is 19.1. The summed E-state index contributed by atoms with van der Waals surface area (Å²) in [5, 5.41) is 13.2. The van der Waals surface area contributed by atoms with Gasteiger partial charge in [-0.3, -0.25) is 4.79 Å². The number of hydrogen-bond acceptors (Lipinski definition) is 7. The van der Waals surface area contributed by atoms with Gasteiger partial charge >= 0.3 is 0 Å². The standard InChI is InChI=1S/C19H29N7O2/c1-4-24(2)17-10-18(23-13-22-17)26-12-15(27)9-14(26)11-21-19(28)6-5-16-20-7-8-25(16)3/h7-8,10,13-15,27H,4-6,9,11-12H2,1-3H3,(H,21,28)/t14-,15-/m1/s1. The van der Waals surface area contributed by atoms with E-state index >= 15 is 0 Å². The predicted octanol–water partition coefficient (Wildman–Crippen LogP) is 0.355. The van der Waals surface area contributed by atoms with Crippen LogP contribution in [0.1, 0.15) is 25.6 Å². The van der Waals surface area contributed by atoms with Crippen LogP contribution in [-0.2, 0) is 18.3 Å². The number of aryl methyl sites for hydroxylation is 2. The van der Waals surface area contributed by atoms with E-state index in [0.29, 0.717) is 32.4 Å². The van der Waals surface area contributed by atoms with E-state index < -0.39 is 6.10 Å². The van der Waals surface area contributed by atoms with Crippen LogP contribution < -0.4 is 15.1 Å². The lowest BCUT2D eigenvalue weighted by Crippen LogP contribution is -2.40. The molecule has 3 rings (SSSR count). The summed E-state index contributed by atoms with van der Waals surface area (Å²) < 4.78 is 1.92. The van der Waals surface area contributed by atoms with Crippen molar-refractivity contribution >= 4 is 17.5 Å². The van der Waals surface area contributed by atoms with Crippen molar-refractivity contribution in [2.24, 2.45) is 7.05 Å². The number of nitrogens with one attached hydrogen (secondary N) is 1. The van der Waals surface area contributed by atoms with Crippen molar-refractivity contribution in [3.8, 4) is 0 Å². The first-order valence-electron chi connectivity index (χ1n) is 9.68. The highest BCUT2D eigenvalue weighted by Crippen LogP contribution is 2.25. The Balaban J connectivity index is 1.58. The Bertz CT molecular complexity index is 794. The Labute approximate surface area is 165 Å². The minimum Gasteiger partial charge on any atom is -0.391 e. The summed E-state index contributed by atoms with van der Waals surface area (Å²) in [7, 11) is 3.90. The molecular formula is C19H29N7O2. The van der Waals surface area contributed by atoms with Gasteiger partial charge in [0.1, 0.15) is 23.8 Å². The summed E-state index contributed by atoms with van der Waals surface area (Å²) in [5.41, 5.74) is 0. The van der Waals surface area contributed by atoms with Crippen molar-refractivity contribution in [3.63, 3.8) is 0 Å². The first-order chi connectivity index (χ1) is 13.5. The molecule has 2 aromatic heterocycles. The molecule has 0 spiro atoms. The van der Waals surface area contributed by atoms with Crippen molar-refractivity contribution in [1.82, 2.24) is 24.8 Å². The molecule has 1 fully saturated rings. The van der Waals surface area contributed by atoms with Crippen molar-refractivity contribution in [2.75, 3.05) is 36.5 Å². The van der Waals surface area contributed by atoms with Gasteiger partial charge < -0.3 is 24.8 Å². The molecule has 0 unspecified atom stereocenters. The Morgan fingerprint density at radius 3 is 2.93 bits per heavy atom. The number of aliphatic hydroxyl groups is 1. The third-order valence-corrected chi connectivity index (χ3v) is 5.22. The van der Waals surface area contributed by atoms with Crippen LogP contribution in [0.4, 0.5) is 11.6 Å². The number of hydrogen-bond donors (Lipinski definition) is 2. The van der Waals surface area contributed by atoms with Crippen LogP contribution in [0.2, 0.25) is 0 Å². The molecule has 9 heteroatoms. The number of aliphatic hydroxyl groups excluding tert-OH is 1. The Morgan fingerprint density at radius 2 is 2.21 bits per heavy atom. The average Bonchev–Trinajstić information content (AvgIpc) is 3.29. The molecule has 2 aromatic rings. The molecule has 1 aliphatic heterocycles. The lowest BCUT2D eigenvalue weighted by atomic mass is 10.2. The third kappa shape index (κ3) is 4.78. The summed E-state index contributed by atoms with van der Waals surface area (Å²) in [5.74, 6) is 2.49. The van der Waals surface area contributed by atoms with E-state index in [1.165, 1.54) is 0 Å². The zero-order valence-electron chi connectivity index (χ0n) is 16.7. The van der Waals surface area contributed by atoms with Crippen LogP contribution in [0.3, 0.4) is 0 Å². The highest BCUT2D eigenvalue weighted by molar-refractivity contribution is 5.76. The molecule has 0 radical (unpaired) electrons. The number of carbonyl (C=O) groups is 1. The van der Waals surface area contributed by atoms with Gasteiger partial charge in [-0.05, 0) is 13.3 Å². The number of carbonyl (C=O) groups excluding carboxylic acids is 1. The second-order valence-electron chi connectivity index (χ2n) is 7.20. The maximum Gasteiger partial charge on any atom is 0.220 e. The zero-order valence-corrected chi connectivity index (χ0v) is 16.7. The maximum atomic E-state index is 12.3. The van der Waals surface area contributed by atoms with Crippen LogP contribution in [0.25, 0.3) is 0 Å². The van der Waals surface area contributed by atoms with Gasteiger partial charge in [0.15, 0.2) is 0 Å². The van der Waals surface area contributed by atoms with Crippen LogP contribution in [0.15, 0.2) is 24.8 Å². The van der Waals surface area contributed by atoms with Gasteiger partial charge in [0, 0.05) is 65.0 Å². The SMILES string of the molecule is CCN(C)c1cc(N2C[C@H](O)C[C@@H]2CNC(=O)CCc2nccn2C)ncn1. The summed E-state index contributed by atoms with van der Waals surface area (Å²) in [6.07, 6.45) is 6.31. The monoisotopic (exact) mass is 387 g/mol. The molecule has 2 atom stereocenters. The molecule has 0 aliphatic carbocycles. The van der Waals surface area contributed by atoms with Gasteiger partial charge in [0.25, 0.3) is 0 Å². The molecule has 0 bridgehead atoms. The molecule has 9 nitrogen and oxygen atoms in total. The lowest BCUT2D eigenvalue weighted by Gasteiger charge is -2.26. The fourth-order valence-corrected chi connectivity index (χ4v) is 3.41. The number of nitrogens with zero attached hydrogens (tertiary/aromatic N) is 6. The van der Waals surface area contributed by atoms with E-state index in [9.17, 15) is 9.90 Å². The van der Waals surface area contributed by atoms with E-state index in [1.807, 2.05) is 35.8 Å². The van der Waals surface area contributed by atoms with Crippen LogP contribution in [0.5, 0.6) is 0 Å². The molecule has 3 heterocycles. The summed E-state index contributed by atoms with van der Waals surface area (Å²) in [4.78, 5) is 29.3. The predicted molar refractivity (Wildman–Crippen MR) is 107 cm³/mol. The van der Waals surface area contributed by atoms with E-state index in [1.54, 1.807) is 12.5 Å². The molecule has 0 saturated carbocycles. The number of rotatable bonds is 8. The molecule has 2 N–H and O–H groups in total. The highest BCUT2D eigenvalue weighted by Gasteiger charge is 2.32. The number of imidazole rings is 1. The second-order valence-corrected chi connectivity index (χ2v) is 7.20. The van der Waals surface area contributed by atoms with Gasteiger partial charge in [0.2, 0.25) is 5.91 Å². The van der Waals surface area contributed by atoms with Crippen molar-refractivity contribution in [3.05, 3.63) is 30.6 Å². The maximum absolute atomic E-state index is 12.3. The Kier molecular flexibility index (Phi) is 6.45.